The number of aromatic nitrogens is 1. The van der Waals surface area contributed by atoms with Crippen molar-refractivity contribution in [2.45, 2.75) is 13.0 Å². The maximum atomic E-state index is 5.66. The highest BCUT2D eigenvalue weighted by atomic mass is 14.7. The molecule has 2 rings (SSSR count). The molecule has 0 aliphatic heterocycles. The number of nitrogens with two attached hydrogens (primary N) is 1. The molecule has 1 atom stereocenters. The molecule has 1 aromatic carbocycles. The Morgan fingerprint density at radius 2 is 2.14 bits per heavy atom. The molecule has 1 aromatic heterocycles. The lowest BCUT2D eigenvalue weighted by atomic mass is 10.1. The fourth-order valence-electron chi connectivity index (χ4n) is 1.49. The van der Waals surface area contributed by atoms with Gasteiger partial charge in [-0.05, 0) is 18.6 Å². The molecular formula is C12H14N2. The molecule has 0 fully saturated rings. The molecule has 2 nitrogen and oxygen atoms in total. The Bertz CT molecular complexity index is 452. The lowest BCUT2D eigenvalue weighted by Gasteiger charge is -1.94. The number of hydrogen-bond acceptors (Lipinski definition) is 1. The van der Waals surface area contributed by atoms with E-state index >= 15 is 0 Å². The molecule has 2 heteroatoms. The molecule has 3 N–H and O–H groups in total. The molecular weight excluding hydrogens is 172 g/mol. The van der Waals surface area contributed by atoms with E-state index in [1.807, 2.05) is 31.3 Å². The SMILES string of the molecule is CC(N)/C=C/c1c[nH]c2ccccc12. The van der Waals surface area contributed by atoms with E-state index < -0.39 is 0 Å². The number of para-hydroxylation sites is 1. The van der Waals surface area contributed by atoms with Gasteiger partial charge >= 0.3 is 0 Å². The minimum absolute atomic E-state index is 0.101. The summed E-state index contributed by atoms with van der Waals surface area (Å²) < 4.78 is 0. The van der Waals surface area contributed by atoms with Gasteiger partial charge in [-0.25, -0.2) is 0 Å². The van der Waals surface area contributed by atoms with Crippen molar-refractivity contribution in [1.82, 2.24) is 4.98 Å². The Labute approximate surface area is 83.4 Å². The molecule has 0 saturated heterocycles. The molecule has 0 aliphatic rings. The van der Waals surface area contributed by atoms with Gasteiger partial charge in [0.2, 0.25) is 0 Å². The number of benzene rings is 1. The van der Waals surface area contributed by atoms with E-state index in [0.29, 0.717) is 0 Å². The van der Waals surface area contributed by atoms with Gasteiger partial charge in [0.25, 0.3) is 0 Å². The first-order chi connectivity index (χ1) is 6.77. The number of hydrogen-bond donors (Lipinski definition) is 2. The van der Waals surface area contributed by atoms with Crippen LogP contribution in [0.1, 0.15) is 12.5 Å². The van der Waals surface area contributed by atoms with Gasteiger partial charge in [-0.2, -0.15) is 0 Å². The quantitative estimate of drug-likeness (QED) is 0.743. The number of H-pyrrole nitrogens is 1. The van der Waals surface area contributed by atoms with Crippen molar-refractivity contribution in [3.8, 4) is 0 Å². The minimum Gasteiger partial charge on any atom is -0.361 e. The molecule has 0 bridgehead atoms. The zero-order chi connectivity index (χ0) is 9.97. The van der Waals surface area contributed by atoms with Gasteiger partial charge < -0.3 is 10.7 Å². The van der Waals surface area contributed by atoms with Crippen LogP contribution >= 0.6 is 0 Å². The van der Waals surface area contributed by atoms with Gasteiger partial charge in [0.05, 0.1) is 0 Å². The van der Waals surface area contributed by atoms with Crippen molar-refractivity contribution in [3.63, 3.8) is 0 Å². The molecule has 0 amide bonds. The summed E-state index contributed by atoms with van der Waals surface area (Å²) >= 11 is 0. The van der Waals surface area contributed by atoms with Crippen LogP contribution in [0.4, 0.5) is 0 Å². The Morgan fingerprint density at radius 3 is 2.93 bits per heavy atom. The van der Waals surface area contributed by atoms with Crippen LogP contribution in [0.15, 0.2) is 36.5 Å². The molecule has 0 saturated carbocycles. The van der Waals surface area contributed by atoms with E-state index in [1.54, 1.807) is 0 Å². The second-order valence-electron chi connectivity index (χ2n) is 3.51. The highest BCUT2D eigenvalue weighted by Crippen LogP contribution is 2.18. The summed E-state index contributed by atoms with van der Waals surface area (Å²) in [6, 6.07) is 8.34. The van der Waals surface area contributed by atoms with Gasteiger partial charge in [0, 0.05) is 23.1 Å². The minimum atomic E-state index is 0.101. The maximum absolute atomic E-state index is 5.66. The molecule has 14 heavy (non-hydrogen) atoms. The Kier molecular flexibility index (Phi) is 2.37. The molecule has 1 heterocycles. The lowest BCUT2D eigenvalue weighted by molar-refractivity contribution is 0.931. The zero-order valence-corrected chi connectivity index (χ0v) is 8.20. The van der Waals surface area contributed by atoms with E-state index in [0.717, 1.165) is 5.52 Å². The highest BCUT2D eigenvalue weighted by Gasteiger charge is 1.98. The van der Waals surface area contributed by atoms with E-state index in [1.165, 1.54) is 10.9 Å². The van der Waals surface area contributed by atoms with Crippen molar-refractivity contribution in [3.05, 3.63) is 42.1 Å². The van der Waals surface area contributed by atoms with Crippen LogP contribution in [-0.4, -0.2) is 11.0 Å². The maximum Gasteiger partial charge on any atom is 0.0460 e. The Morgan fingerprint density at radius 1 is 1.36 bits per heavy atom. The topological polar surface area (TPSA) is 41.8 Å². The van der Waals surface area contributed by atoms with Gasteiger partial charge in [-0.15, -0.1) is 0 Å². The molecule has 2 aromatic rings. The normalized spacial score (nSPS) is 13.9. The molecule has 72 valence electrons. The van der Waals surface area contributed by atoms with Crippen molar-refractivity contribution in [1.29, 1.82) is 0 Å². The van der Waals surface area contributed by atoms with Crippen LogP contribution in [-0.2, 0) is 0 Å². The highest BCUT2D eigenvalue weighted by molar-refractivity contribution is 5.88. The average molecular weight is 186 g/mol. The van der Waals surface area contributed by atoms with E-state index in [2.05, 4.69) is 23.2 Å². The van der Waals surface area contributed by atoms with Crippen LogP contribution in [0.3, 0.4) is 0 Å². The zero-order valence-electron chi connectivity index (χ0n) is 8.20. The summed E-state index contributed by atoms with van der Waals surface area (Å²) in [6.07, 6.45) is 6.06. The Hall–Kier alpha value is -1.54. The molecule has 1 unspecified atom stereocenters. The summed E-state index contributed by atoms with van der Waals surface area (Å²) in [5.74, 6) is 0. The third-order valence-corrected chi connectivity index (χ3v) is 2.20. The summed E-state index contributed by atoms with van der Waals surface area (Å²) in [4.78, 5) is 3.22. The fourth-order valence-corrected chi connectivity index (χ4v) is 1.49. The van der Waals surface area contributed by atoms with Crippen LogP contribution in [0.2, 0.25) is 0 Å². The summed E-state index contributed by atoms with van der Waals surface area (Å²) in [5, 5.41) is 1.24. The van der Waals surface area contributed by atoms with E-state index in [-0.39, 0.29) is 6.04 Å². The second kappa shape index (κ2) is 3.68. The summed E-state index contributed by atoms with van der Waals surface area (Å²) in [6.45, 7) is 1.96. The smallest absolute Gasteiger partial charge is 0.0460 e. The largest absolute Gasteiger partial charge is 0.361 e. The van der Waals surface area contributed by atoms with E-state index in [4.69, 9.17) is 5.73 Å². The van der Waals surface area contributed by atoms with Crippen molar-refractivity contribution < 1.29 is 0 Å². The fraction of sp³-hybridized carbons (Fsp3) is 0.167. The summed E-state index contributed by atoms with van der Waals surface area (Å²) in [5.41, 5.74) is 8.01. The van der Waals surface area contributed by atoms with E-state index in [9.17, 15) is 0 Å². The first-order valence-corrected chi connectivity index (χ1v) is 4.77. The van der Waals surface area contributed by atoms with Crippen molar-refractivity contribution in [2.24, 2.45) is 5.73 Å². The van der Waals surface area contributed by atoms with Crippen LogP contribution in [0.5, 0.6) is 0 Å². The average Bonchev–Trinajstić information content (AvgIpc) is 2.58. The number of aromatic amines is 1. The van der Waals surface area contributed by atoms with Crippen molar-refractivity contribution >= 4 is 17.0 Å². The third-order valence-electron chi connectivity index (χ3n) is 2.20. The first-order valence-electron chi connectivity index (χ1n) is 4.77. The monoisotopic (exact) mass is 186 g/mol. The van der Waals surface area contributed by atoms with Crippen molar-refractivity contribution in [2.75, 3.05) is 0 Å². The molecule has 0 radical (unpaired) electrons. The molecule has 0 aliphatic carbocycles. The third kappa shape index (κ3) is 1.70. The van der Waals surface area contributed by atoms with Crippen LogP contribution in [0.25, 0.3) is 17.0 Å². The van der Waals surface area contributed by atoms with Gasteiger partial charge in [0.1, 0.15) is 0 Å². The predicted octanol–water partition coefficient (Wildman–Crippen LogP) is 2.53. The summed E-state index contributed by atoms with van der Waals surface area (Å²) in [7, 11) is 0. The van der Waals surface area contributed by atoms with Gasteiger partial charge in [-0.3, -0.25) is 0 Å². The Balaban J connectivity index is 2.43. The lowest BCUT2D eigenvalue weighted by Crippen LogP contribution is -2.09. The molecule has 0 spiro atoms. The number of rotatable bonds is 2. The second-order valence-corrected chi connectivity index (χ2v) is 3.51. The first kappa shape index (κ1) is 9.03. The predicted molar refractivity (Wildman–Crippen MR) is 61.0 cm³/mol. The number of nitrogens with one attached hydrogen (secondary N) is 1. The number of fused-ring (bicyclic) bond motifs is 1. The van der Waals surface area contributed by atoms with Gasteiger partial charge in [0.15, 0.2) is 0 Å². The van der Waals surface area contributed by atoms with Gasteiger partial charge in [-0.1, -0.05) is 30.4 Å². The van der Waals surface area contributed by atoms with Crippen LogP contribution in [0, 0.1) is 0 Å². The van der Waals surface area contributed by atoms with Crippen LogP contribution < -0.4 is 5.73 Å². The standard InChI is InChI=1S/C12H14N2/c1-9(13)6-7-10-8-14-12-5-3-2-4-11(10)12/h2-9,14H,13H2,1H3/b7-6+.